The summed E-state index contributed by atoms with van der Waals surface area (Å²) in [4.78, 5) is 13.5. The minimum absolute atomic E-state index is 0.0686. The predicted molar refractivity (Wildman–Crippen MR) is 82.2 cm³/mol. The van der Waals surface area contributed by atoms with E-state index in [4.69, 9.17) is 16.3 Å². The van der Waals surface area contributed by atoms with E-state index in [1.54, 1.807) is 0 Å². The summed E-state index contributed by atoms with van der Waals surface area (Å²) >= 11 is 6.17. The van der Waals surface area contributed by atoms with Crippen LogP contribution in [0.15, 0.2) is 18.2 Å². The molecule has 2 aliphatic rings. The second-order valence-corrected chi connectivity index (χ2v) is 6.28. The van der Waals surface area contributed by atoms with Crippen LogP contribution >= 0.6 is 11.6 Å². The Kier molecular flexibility index (Phi) is 4.36. The number of carboxylic acid groups (broad SMARTS) is 1. The summed E-state index contributed by atoms with van der Waals surface area (Å²) in [5.74, 6) is -0.182. The lowest BCUT2D eigenvalue weighted by Gasteiger charge is -2.32. The smallest absolute Gasteiger partial charge is 0.303 e. The van der Waals surface area contributed by atoms with Gasteiger partial charge in [-0.1, -0.05) is 11.6 Å². The maximum absolute atomic E-state index is 11.2. The maximum atomic E-state index is 11.2. The molecule has 1 saturated carbocycles. The van der Waals surface area contributed by atoms with Crippen LogP contribution in [0.2, 0.25) is 5.02 Å². The molecule has 0 bridgehead atoms. The Hall–Kier alpha value is -1.26. The molecular weight excluding hydrogens is 290 g/mol. The first-order chi connectivity index (χ1) is 10.1. The SMILES string of the molecule is O=C(O)CC(c1cc(Cl)ccc1N1CCOCC1)C1CC1. The summed E-state index contributed by atoms with van der Waals surface area (Å²) in [6, 6.07) is 5.87. The van der Waals surface area contributed by atoms with Crippen LogP contribution in [-0.4, -0.2) is 37.4 Å². The lowest BCUT2D eigenvalue weighted by Crippen LogP contribution is -2.37. The van der Waals surface area contributed by atoms with Gasteiger partial charge >= 0.3 is 5.97 Å². The van der Waals surface area contributed by atoms with Crippen molar-refractivity contribution in [1.29, 1.82) is 0 Å². The van der Waals surface area contributed by atoms with E-state index in [-0.39, 0.29) is 12.3 Å². The highest BCUT2D eigenvalue weighted by Gasteiger charge is 2.35. The summed E-state index contributed by atoms with van der Waals surface area (Å²) in [5.41, 5.74) is 2.22. The number of hydrogen-bond donors (Lipinski definition) is 1. The number of carbonyl (C=O) groups is 1. The second kappa shape index (κ2) is 6.24. The van der Waals surface area contributed by atoms with Crippen LogP contribution in [0.25, 0.3) is 0 Å². The molecule has 0 spiro atoms. The Morgan fingerprint density at radius 1 is 1.38 bits per heavy atom. The average Bonchev–Trinajstić information content (AvgIpc) is 3.30. The zero-order valence-corrected chi connectivity index (χ0v) is 12.7. The minimum atomic E-state index is -0.736. The lowest BCUT2D eigenvalue weighted by atomic mass is 9.89. The van der Waals surface area contributed by atoms with Gasteiger partial charge in [0, 0.05) is 23.8 Å². The van der Waals surface area contributed by atoms with Gasteiger partial charge in [-0.2, -0.15) is 0 Å². The first kappa shape index (κ1) is 14.7. The van der Waals surface area contributed by atoms with Crippen molar-refractivity contribution in [2.24, 2.45) is 5.92 Å². The molecule has 0 amide bonds. The molecule has 1 aromatic rings. The standard InChI is InChI=1S/C16H20ClNO3/c17-12-3-4-15(18-5-7-21-8-6-18)14(9-12)13(10-16(19)20)11-1-2-11/h3-4,9,11,13H,1-2,5-8,10H2,(H,19,20). The van der Waals surface area contributed by atoms with E-state index in [1.165, 1.54) is 0 Å². The van der Waals surface area contributed by atoms with E-state index in [0.717, 1.165) is 50.4 Å². The van der Waals surface area contributed by atoms with Crippen LogP contribution in [0.4, 0.5) is 5.69 Å². The highest BCUT2D eigenvalue weighted by molar-refractivity contribution is 6.30. The van der Waals surface area contributed by atoms with Crippen LogP contribution in [0.5, 0.6) is 0 Å². The molecule has 1 aliphatic heterocycles. The van der Waals surface area contributed by atoms with E-state index in [0.29, 0.717) is 10.9 Å². The molecule has 1 unspecified atom stereocenters. The normalized spacial score (nSPS) is 20.3. The first-order valence-electron chi connectivity index (χ1n) is 7.49. The van der Waals surface area contributed by atoms with Crippen molar-refractivity contribution in [3.05, 3.63) is 28.8 Å². The zero-order valence-electron chi connectivity index (χ0n) is 11.9. The van der Waals surface area contributed by atoms with Gasteiger partial charge < -0.3 is 14.7 Å². The third kappa shape index (κ3) is 3.50. The van der Waals surface area contributed by atoms with Gasteiger partial charge in [-0.05, 0) is 48.4 Å². The fourth-order valence-corrected chi connectivity index (χ4v) is 3.31. The Labute approximate surface area is 129 Å². The third-order valence-electron chi connectivity index (χ3n) is 4.33. The molecule has 4 nitrogen and oxygen atoms in total. The quantitative estimate of drug-likeness (QED) is 0.908. The van der Waals surface area contributed by atoms with E-state index in [2.05, 4.69) is 4.90 Å². The van der Waals surface area contributed by atoms with Crippen molar-refractivity contribution in [2.45, 2.75) is 25.2 Å². The van der Waals surface area contributed by atoms with Crippen molar-refractivity contribution in [3.63, 3.8) is 0 Å². The topological polar surface area (TPSA) is 49.8 Å². The number of aliphatic carboxylic acids is 1. The zero-order chi connectivity index (χ0) is 14.8. The Bertz CT molecular complexity index is 524. The van der Waals surface area contributed by atoms with Crippen LogP contribution in [0.1, 0.15) is 30.7 Å². The molecule has 1 saturated heterocycles. The Balaban J connectivity index is 1.93. The van der Waals surface area contributed by atoms with Crippen molar-refractivity contribution in [2.75, 3.05) is 31.2 Å². The van der Waals surface area contributed by atoms with Crippen molar-refractivity contribution >= 4 is 23.3 Å². The fraction of sp³-hybridized carbons (Fsp3) is 0.562. The van der Waals surface area contributed by atoms with Crippen molar-refractivity contribution in [3.8, 4) is 0 Å². The number of hydrogen-bond acceptors (Lipinski definition) is 3. The summed E-state index contributed by atoms with van der Waals surface area (Å²) < 4.78 is 5.41. The molecule has 1 N–H and O–H groups in total. The Morgan fingerprint density at radius 3 is 2.71 bits per heavy atom. The molecule has 1 atom stereocenters. The highest BCUT2D eigenvalue weighted by Crippen LogP contribution is 2.47. The maximum Gasteiger partial charge on any atom is 0.303 e. The van der Waals surface area contributed by atoms with Gasteiger partial charge in [-0.15, -0.1) is 0 Å². The summed E-state index contributed by atoms with van der Waals surface area (Å²) in [5, 5.41) is 9.90. The number of nitrogens with zero attached hydrogens (tertiary/aromatic N) is 1. The van der Waals surface area contributed by atoms with Gasteiger partial charge in [0.05, 0.1) is 19.6 Å². The predicted octanol–water partition coefficient (Wildman–Crippen LogP) is 3.14. The van der Waals surface area contributed by atoms with E-state index >= 15 is 0 Å². The van der Waals surface area contributed by atoms with Gasteiger partial charge in [0.2, 0.25) is 0 Å². The fourth-order valence-electron chi connectivity index (χ4n) is 3.13. The van der Waals surface area contributed by atoms with Crippen LogP contribution < -0.4 is 4.90 Å². The van der Waals surface area contributed by atoms with Crippen LogP contribution in [0, 0.1) is 5.92 Å². The molecule has 21 heavy (non-hydrogen) atoms. The highest BCUT2D eigenvalue weighted by atomic mass is 35.5. The molecule has 114 valence electrons. The van der Waals surface area contributed by atoms with Crippen LogP contribution in [-0.2, 0) is 9.53 Å². The Morgan fingerprint density at radius 2 is 2.10 bits per heavy atom. The van der Waals surface area contributed by atoms with Gasteiger partial charge in [-0.3, -0.25) is 4.79 Å². The van der Waals surface area contributed by atoms with Gasteiger partial charge in [0.1, 0.15) is 0 Å². The van der Waals surface area contributed by atoms with Crippen molar-refractivity contribution < 1.29 is 14.6 Å². The number of ether oxygens (including phenoxy) is 1. The molecule has 3 rings (SSSR count). The first-order valence-corrected chi connectivity index (χ1v) is 7.87. The summed E-state index contributed by atoms with van der Waals surface area (Å²) in [6.07, 6.45) is 2.42. The molecule has 5 heteroatoms. The molecule has 0 aromatic heterocycles. The number of anilines is 1. The van der Waals surface area contributed by atoms with Gasteiger partial charge in [0.25, 0.3) is 0 Å². The molecule has 1 heterocycles. The van der Waals surface area contributed by atoms with E-state index in [1.807, 2.05) is 18.2 Å². The van der Waals surface area contributed by atoms with E-state index in [9.17, 15) is 9.90 Å². The average molecular weight is 310 g/mol. The van der Waals surface area contributed by atoms with E-state index < -0.39 is 5.97 Å². The number of halogens is 1. The molecule has 1 aliphatic carbocycles. The van der Waals surface area contributed by atoms with Crippen molar-refractivity contribution in [1.82, 2.24) is 0 Å². The third-order valence-corrected chi connectivity index (χ3v) is 4.56. The molecule has 1 aromatic carbocycles. The van der Waals surface area contributed by atoms with Gasteiger partial charge in [-0.25, -0.2) is 0 Å². The van der Waals surface area contributed by atoms with Gasteiger partial charge in [0.15, 0.2) is 0 Å². The number of benzene rings is 1. The lowest BCUT2D eigenvalue weighted by molar-refractivity contribution is -0.137. The van der Waals surface area contributed by atoms with Crippen LogP contribution in [0.3, 0.4) is 0 Å². The number of morpholine rings is 1. The largest absolute Gasteiger partial charge is 0.481 e. The number of carboxylic acids is 1. The summed E-state index contributed by atoms with van der Waals surface area (Å²) in [7, 11) is 0. The summed E-state index contributed by atoms with van der Waals surface area (Å²) in [6.45, 7) is 3.13. The monoisotopic (exact) mass is 309 g/mol. The minimum Gasteiger partial charge on any atom is -0.481 e. The molecule has 0 radical (unpaired) electrons. The second-order valence-electron chi connectivity index (χ2n) is 5.84. The molecular formula is C16H20ClNO3. The number of rotatable bonds is 5. The molecule has 2 fully saturated rings.